The second kappa shape index (κ2) is 5.46. The first kappa shape index (κ1) is 12.9. The Labute approximate surface area is 119 Å². The molecule has 1 aromatic carbocycles. The number of carboxylic acid groups (broad SMARTS) is 1. The topological polar surface area (TPSA) is 63.3 Å². The molecule has 0 saturated heterocycles. The number of hydrogen-bond donors (Lipinski definition) is 1. The molecule has 2 aromatic heterocycles. The summed E-state index contributed by atoms with van der Waals surface area (Å²) in [7, 11) is 0. The molecule has 0 unspecified atom stereocenters. The minimum absolute atomic E-state index is 0.221. The molecule has 0 bridgehead atoms. The summed E-state index contributed by atoms with van der Waals surface area (Å²) in [5, 5.41) is 11.0. The summed E-state index contributed by atoms with van der Waals surface area (Å²) in [6.07, 6.45) is 2.74. The maximum absolute atomic E-state index is 10.9. The van der Waals surface area contributed by atoms with Gasteiger partial charge in [0.1, 0.15) is 5.52 Å². The van der Waals surface area contributed by atoms with Crippen molar-refractivity contribution < 1.29 is 14.3 Å². The number of oxazole rings is 1. The molecule has 3 aromatic rings. The molecule has 1 N–H and O–H groups in total. The van der Waals surface area contributed by atoms with Crippen molar-refractivity contribution in [2.75, 3.05) is 0 Å². The van der Waals surface area contributed by atoms with E-state index in [4.69, 9.17) is 9.52 Å². The van der Waals surface area contributed by atoms with Crippen molar-refractivity contribution in [3.05, 3.63) is 52.0 Å². The van der Waals surface area contributed by atoms with E-state index in [2.05, 4.69) is 16.4 Å². The first-order valence-electron chi connectivity index (χ1n) is 6.37. The lowest BCUT2D eigenvalue weighted by Crippen LogP contribution is -1.94. The van der Waals surface area contributed by atoms with E-state index in [9.17, 15) is 4.79 Å². The molecule has 20 heavy (non-hydrogen) atoms. The van der Waals surface area contributed by atoms with Crippen molar-refractivity contribution in [1.82, 2.24) is 4.98 Å². The lowest BCUT2D eigenvalue weighted by Gasteiger charge is -1.94. The third-order valence-corrected chi connectivity index (χ3v) is 4.01. The summed E-state index contributed by atoms with van der Waals surface area (Å²) >= 11 is 1.75. The van der Waals surface area contributed by atoms with Gasteiger partial charge in [-0.3, -0.25) is 0 Å². The number of benzene rings is 1. The monoisotopic (exact) mass is 287 g/mol. The quantitative estimate of drug-likeness (QED) is 0.776. The molecule has 0 radical (unpaired) electrons. The lowest BCUT2D eigenvalue weighted by molar-refractivity contribution is 0.0697. The molecule has 2 heterocycles. The van der Waals surface area contributed by atoms with Crippen molar-refractivity contribution in [2.24, 2.45) is 0 Å². The highest BCUT2D eigenvalue weighted by Crippen LogP contribution is 2.19. The Kier molecular flexibility index (Phi) is 3.52. The number of carbonyl (C=O) groups is 1. The molecule has 0 spiro atoms. The molecule has 0 atom stereocenters. The predicted molar refractivity (Wildman–Crippen MR) is 77.3 cm³/mol. The summed E-state index contributed by atoms with van der Waals surface area (Å²) in [5.74, 6) is -0.290. The van der Waals surface area contributed by atoms with Gasteiger partial charge in [-0.15, -0.1) is 11.3 Å². The molecule has 0 aliphatic rings. The van der Waals surface area contributed by atoms with Crippen molar-refractivity contribution in [3.8, 4) is 0 Å². The molecule has 5 heteroatoms. The number of aromatic carboxylic acids is 1. The first-order valence-corrected chi connectivity index (χ1v) is 7.25. The molecule has 0 fully saturated rings. The summed E-state index contributed by atoms with van der Waals surface area (Å²) in [6, 6.07) is 8.92. The summed E-state index contributed by atoms with van der Waals surface area (Å²) in [6.45, 7) is 0. The van der Waals surface area contributed by atoms with Gasteiger partial charge in [0.15, 0.2) is 11.5 Å². The van der Waals surface area contributed by atoms with E-state index in [1.54, 1.807) is 23.5 Å². The Morgan fingerprint density at radius 1 is 1.30 bits per heavy atom. The zero-order valence-electron chi connectivity index (χ0n) is 10.7. The van der Waals surface area contributed by atoms with Gasteiger partial charge < -0.3 is 9.52 Å². The molecule has 0 amide bonds. The van der Waals surface area contributed by atoms with Crippen LogP contribution in [-0.4, -0.2) is 16.1 Å². The van der Waals surface area contributed by atoms with Gasteiger partial charge in [-0.2, -0.15) is 0 Å². The first-order chi connectivity index (χ1) is 9.72. The fraction of sp³-hybridized carbons (Fsp3) is 0.200. The van der Waals surface area contributed by atoms with Crippen LogP contribution in [0.5, 0.6) is 0 Å². The van der Waals surface area contributed by atoms with E-state index in [1.165, 1.54) is 10.9 Å². The molecular formula is C15H13NO3S. The van der Waals surface area contributed by atoms with Crippen molar-refractivity contribution in [1.29, 1.82) is 0 Å². The van der Waals surface area contributed by atoms with Crippen molar-refractivity contribution in [3.63, 3.8) is 0 Å². The van der Waals surface area contributed by atoms with Crippen LogP contribution in [0.2, 0.25) is 0 Å². The van der Waals surface area contributed by atoms with Crippen LogP contribution in [0.1, 0.15) is 27.5 Å². The van der Waals surface area contributed by atoms with E-state index in [0.717, 1.165) is 19.3 Å². The standard InChI is InChI=1S/C15H13NO3S/c17-15(18)10-6-7-12-13(9-10)19-14(16-12)5-1-3-11-4-2-8-20-11/h2,4,6-9H,1,3,5H2,(H,17,18). The van der Waals surface area contributed by atoms with E-state index < -0.39 is 5.97 Å². The molecular weight excluding hydrogens is 274 g/mol. The van der Waals surface area contributed by atoms with Crippen LogP contribution < -0.4 is 0 Å². The average Bonchev–Trinajstić information content (AvgIpc) is 3.06. The largest absolute Gasteiger partial charge is 0.478 e. The summed E-state index contributed by atoms with van der Waals surface area (Å²) in [4.78, 5) is 16.6. The second-order valence-electron chi connectivity index (χ2n) is 4.53. The van der Waals surface area contributed by atoms with Gasteiger partial charge in [0.25, 0.3) is 0 Å². The minimum atomic E-state index is -0.956. The predicted octanol–water partition coefficient (Wildman–Crippen LogP) is 3.76. The highest BCUT2D eigenvalue weighted by atomic mass is 32.1. The molecule has 0 aliphatic carbocycles. The Morgan fingerprint density at radius 3 is 2.95 bits per heavy atom. The van der Waals surface area contributed by atoms with Gasteiger partial charge in [0.05, 0.1) is 5.56 Å². The van der Waals surface area contributed by atoms with E-state index in [1.807, 2.05) is 6.07 Å². The summed E-state index contributed by atoms with van der Waals surface area (Å²) in [5.41, 5.74) is 1.47. The van der Waals surface area contributed by atoms with Crippen LogP contribution in [0, 0.1) is 0 Å². The van der Waals surface area contributed by atoms with Gasteiger partial charge in [0.2, 0.25) is 0 Å². The van der Waals surface area contributed by atoms with Gasteiger partial charge in [-0.25, -0.2) is 9.78 Å². The van der Waals surface area contributed by atoms with Crippen LogP contribution in [0.25, 0.3) is 11.1 Å². The normalized spacial score (nSPS) is 11.0. The van der Waals surface area contributed by atoms with E-state index in [-0.39, 0.29) is 5.56 Å². The van der Waals surface area contributed by atoms with Crippen molar-refractivity contribution >= 4 is 28.4 Å². The van der Waals surface area contributed by atoms with E-state index >= 15 is 0 Å². The highest BCUT2D eigenvalue weighted by Gasteiger charge is 2.09. The third kappa shape index (κ3) is 2.72. The maximum Gasteiger partial charge on any atom is 0.335 e. The number of aromatic nitrogens is 1. The van der Waals surface area contributed by atoms with Crippen LogP contribution in [0.15, 0.2) is 40.1 Å². The zero-order chi connectivity index (χ0) is 13.9. The Morgan fingerprint density at radius 2 is 2.20 bits per heavy atom. The molecule has 0 saturated carbocycles. The van der Waals surface area contributed by atoms with Crippen LogP contribution in [0.3, 0.4) is 0 Å². The number of nitrogens with zero attached hydrogens (tertiary/aromatic N) is 1. The van der Waals surface area contributed by atoms with Crippen LogP contribution in [0.4, 0.5) is 0 Å². The number of carboxylic acids is 1. The number of thiophene rings is 1. The fourth-order valence-electron chi connectivity index (χ4n) is 2.08. The van der Waals surface area contributed by atoms with Gasteiger partial charge in [-0.1, -0.05) is 6.07 Å². The zero-order valence-corrected chi connectivity index (χ0v) is 11.5. The molecule has 0 aliphatic heterocycles. The van der Waals surface area contributed by atoms with Crippen LogP contribution in [-0.2, 0) is 12.8 Å². The van der Waals surface area contributed by atoms with E-state index in [0.29, 0.717) is 17.0 Å². The second-order valence-corrected chi connectivity index (χ2v) is 5.56. The SMILES string of the molecule is O=C(O)c1ccc2nc(CCCc3cccs3)oc2c1. The smallest absolute Gasteiger partial charge is 0.335 e. The fourth-order valence-corrected chi connectivity index (χ4v) is 2.83. The maximum atomic E-state index is 10.9. The molecule has 102 valence electrons. The highest BCUT2D eigenvalue weighted by molar-refractivity contribution is 7.09. The van der Waals surface area contributed by atoms with Gasteiger partial charge in [0, 0.05) is 11.3 Å². The Hall–Kier alpha value is -2.14. The number of aryl methyl sites for hydroxylation is 2. The minimum Gasteiger partial charge on any atom is -0.478 e. The average molecular weight is 287 g/mol. The Balaban J connectivity index is 1.70. The lowest BCUT2D eigenvalue weighted by atomic mass is 10.2. The van der Waals surface area contributed by atoms with Gasteiger partial charge >= 0.3 is 5.97 Å². The van der Waals surface area contributed by atoms with Gasteiger partial charge in [-0.05, 0) is 42.5 Å². The number of fused-ring (bicyclic) bond motifs is 1. The van der Waals surface area contributed by atoms with Crippen LogP contribution >= 0.6 is 11.3 Å². The Bertz CT molecular complexity index is 731. The molecule has 3 rings (SSSR count). The number of rotatable bonds is 5. The summed E-state index contributed by atoms with van der Waals surface area (Å²) < 4.78 is 5.61. The molecule has 4 nitrogen and oxygen atoms in total. The number of hydrogen-bond acceptors (Lipinski definition) is 4. The third-order valence-electron chi connectivity index (χ3n) is 3.07. The van der Waals surface area contributed by atoms with Crippen molar-refractivity contribution in [2.45, 2.75) is 19.3 Å².